The van der Waals surface area contributed by atoms with Gasteiger partial charge >= 0.3 is 0 Å². The summed E-state index contributed by atoms with van der Waals surface area (Å²) in [5.74, 6) is -0.0854. The van der Waals surface area contributed by atoms with Crippen LogP contribution in [-0.2, 0) is 0 Å². The number of carbonyl (C=O) groups is 1. The molecule has 0 fully saturated rings. The van der Waals surface area contributed by atoms with E-state index in [-0.39, 0.29) is 18.1 Å². The van der Waals surface area contributed by atoms with Gasteiger partial charge in [0.2, 0.25) is 0 Å². The number of rotatable bonds is 5. The highest BCUT2D eigenvalue weighted by atomic mass is 16.3. The first kappa shape index (κ1) is 14.6. The minimum absolute atomic E-state index is 0.0670. The molecule has 1 amide bonds. The van der Waals surface area contributed by atoms with Crippen LogP contribution < -0.4 is 5.32 Å². The van der Waals surface area contributed by atoms with Crippen LogP contribution in [0.2, 0.25) is 0 Å². The molecule has 0 aliphatic heterocycles. The van der Waals surface area contributed by atoms with E-state index in [1.165, 1.54) is 0 Å². The third-order valence-electron chi connectivity index (χ3n) is 3.98. The Morgan fingerprint density at radius 3 is 2.75 bits per heavy atom. The highest BCUT2D eigenvalue weighted by Crippen LogP contribution is 2.23. The minimum Gasteiger partial charge on any atom is -0.396 e. The number of carbonyl (C=O) groups excluding carboxylic acids is 1. The number of para-hydroxylation sites is 1. The van der Waals surface area contributed by atoms with Crippen LogP contribution in [0.15, 0.2) is 24.3 Å². The normalized spacial score (nSPS) is 14.2. The lowest BCUT2D eigenvalue weighted by atomic mass is 9.94. The second kappa shape index (κ2) is 5.67. The summed E-state index contributed by atoms with van der Waals surface area (Å²) in [5, 5.41) is 13.1. The molecule has 108 valence electrons. The lowest BCUT2D eigenvalue weighted by molar-refractivity contribution is 0.0887. The first-order valence-corrected chi connectivity index (χ1v) is 7.01. The van der Waals surface area contributed by atoms with Gasteiger partial charge in [0, 0.05) is 28.7 Å². The zero-order chi connectivity index (χ0) is 14.8. The van der Waals surface area contributed by atoms with Gasteiger partial charge in [-0.2, -0.15) is 0 Å². The number of aliphatic hydroxyl groups is 1. The highest BCUT2D eigenvalue weighted by molar-refractivity contribution is 6.08. The van der Waals surface area contributed by atoms with Gasteiger partial charge in [-0.1, -0.05) is 25.1 Å². The fourth-order valence-corrected chi connectivity index (χ4v) is 2.48. The van der Waals surface area contributed by atoms with Gasteiger partial charge in [-0.05, 0) is 32.8 Å². The van der Waals surface area contributed by atoms with Crippen molar-refractivity contribution in [3.8, 4) is 0 Å². The molecule has 20 heavy (non-hydrogen) atoms. The Labute approximate surface area is 119 Å². The largest absolute Gasteiger partial charge is 0.396 e. The quantitative estimate of drug-likeness (QED) is 0.785. The second-order valence-corrected chi connectivity index (χ2v) is 5.51. The molecule has 0 radical (unpaired) electrons. The van der Waals surface area contributed by atoms with E-state index in [0.29, 0.717) is 12.0 Å². The van der Waals surface area contributed by atoms with Gasteiger partial charge in [0.1, 0.15) is 0 Å². The van der Waals surface area contributed by atoms with Crippen molar-refractivity contribution in [1.82, 2.24) is 10.3 Å². The summed E-state index contributed by atoms with van der Waals surface area (Å²) < 4.78 is 0. The van der Waals surface area contributed by atoms with Crippen molar-refractivity contribution < 1.29 is 9.90 Å². The summed E-state index contributed by atoms with van der Waals surface area (Å²) in [6, 6.07) is 7.79. The molecule has 1 heterocycles. The number of amides is 1. The number of fused-ring (bicyclic) bond motifs is 1. The molecular formula is C16H22N2O2. The SMILES string of the molecule is CCC(C)(CCO)NC(=O)c1c(C)[nH]c2ccccc12. The van der Waals surface area contributed by atoms with Gasteiger partial charge in [-0.25, -0.2) is 0 Å². The first-order chi connectivity index (χ1) is 9.50. The number of aromatic nitrogens is 1. The average Bonchev–Trinajstić information content (AvgIpc) is 2.74. The number of H-pyrrole nitrogens is 1. The summed E-state index contributed by atoms with van der Waals surface area (Å²) in [6.45, 7) is 5.95. The zero-order valence-corrected chi connectivity index (χ0v) is 12.3. The molecule has 0 spiro atoms. The molecule has 2 aromatic rings. The highest BCUT2D eigenvalue weighted by Gasteiger charge is 2.26. The molecule has 0 saturated carbocycles. The van der Waals surface area contributed by atoms with E-state index in [0.717, 1.165) is 23.0 Å². The molecule has 1 aromatic carbocycles. The van der Waals surface area contributed by atoms with Crippen molar-refractivity contribution in [3.63, 3.8) is 0 Å². The van der Waals surface area contributed by atoms with Crippen LogP contribution in [0.25, 0.3) is 10.9 Å². The number of nitrogens with one attached hydrogen (secondary N) is 2. The molecule has 0 aliphatic rings. The van der Waals surface area contributed by atoms with Crippen LogP contribution in [0.3, 0.4) is 0 Å². The third kappa shape index (κ3) is 2.70. The molecule has 0 aliphatic carbocycles. The van der Waals surface area contributed by atoms with E-state index in [2.05, 4.69) is 10.3 Å². The van der Waals surface area contributed by atoms with Crippen LogP contribution >= 0.6 is 0 Å². The van der Waals surface area contributed by atoms with Crippen LogP contribution in [0, 0.1) is 6.92 Å². The monoisotopic (exact) mass is 274 g/mol. The summed E-state index contributed by atoms with van der Waals surface area (Å²) in [4.78, 5) is 15.8. The molecule has 4 nitrogen and oxygen atoms in total. The van der Waals surface area contributed by atoms with Gasteiger partial charge in [-0.15, -0.1) is 0 Å². The maximum absolute atomic E-state index is 12.6. The van der Waals surface area contributed by atoms with Gasteiger partial charge in [0.25, 0.3) is 5.91 Å². The van der Waals surface area contributed by atoms with Gasteiger partial charge in [0.15, 0.2) is 0 Å². The Morgan fingerprint density at radius 2 is 2.10 bits per heavy atom. The van der Waals surface area contributed by atoms with E-state index in [4.69, 9.17) is 5.11 Å². The van der Waals surface area contributed by atoms with Crippen LogP contribution in [0.4, 0.5) is 0 Å². The van der Waals surface area contributed by atoms with Gasteiger partial charge < -0.3 is 15.4 Å². The predicted molar refractivity (Wildman–Crippen MR) is 80.9 cm³/mol. The topological polar surface area (TPSA) is 65.1 Å². The van der Waals surface area contributed by atoms with Crippen LogP contribution in [0.1, 0.15) is 42.7 Å². The number of hydrogen-bond donors (Lipinski definition) is 3. The lowest BCUT2D eigenvalue weighted by Crippen LogP contribution is -2.46. The van der Waals surface area contributed by atoms with E-state index in [9.17, 15) is 4.79 Å². The van der Waals surface area contributed by atoms with Gasteiger partial charge in [-0.3, -0.25) is 4.79 Å². The second-order valence-electron chi connectivity index (χ2n) is 5.51. The molecule has 4 heteroatoms. The third-order valence-corrected chi connectivity index (χ3v) is 3.98. The maximum atomic E-state index is 12.6. The number of aromatic amines is 1. The maximum Gasteiger partial charge on any atom is 0.254 e. The van der Waals surface area contributed by atoms with E-state index >= 15 is 0 Å². The fourth-order valence-electron chi connectivity index (χ4n) is 2.48. The van der Waals surface area contributed by atoms with Crippen molar-refractivity contribution in [2.24, 2.45) is 0 Å². The smallest absolute Gasteiger partial charge is 0.254 e. The Hall–Kier alpha value is -1.81. The predicted octanol–water partition coefficient (Wildman–Crippen LogP) is 2.76. The molecule has 3 N–H and O–H groups in total. The Bertz CT molecular complexity index is 618. The fraction of sp³-hybridized carbons (Fsp3) is 0.438. The van der Waals surface area contributed by atoms with E-state index in [1.54, 1.807) is 0 Å². The first-order valence-electron chi connectivity index (χ1n) is 7.01. The number of aryl methyl sites for hydroxylation is 1. The minimum atomic E-state index is -0.378. The average molecular weight is 274 g/mol. The molecule has 1 unspecified atom stereocenters. The number of benzene rings is 1. The Kier molecular flexibility index (Phi) is 4.14. The molecule has 1 atom stereocenters. The number of aliphatic hydroxyl groups excluding tert-OH is 1. The van der Waals surface area contributed by atoms with Crippen molar-refractivity contribution in [3.05, 3.63) is 35.5 Å². The summed E-state index contributed by atoms with van der Waals surface area (Å²) in [7, 11) is 0. The molecule has 0 saturated heterocycles. The van der Waals surface area contributed by atoms with Crippen molar-refractivity contribution >= 4 is 16.8 Å². The Balaban J connectivity index is 2.34. The van der Waals surface area contributed by atoms with Crippen molar-refractivity contribution in [2.75, 3.05) is 6.61 Å². The summed E-state index contributed by atoms with van der Waals surface area (Å²) >= 11 is 0. The van der Waals surface area contributed by atoms with Crippen molar-refractivity contribution in [1.29, 1.82) is 0 Å². The summed E-state index contributed by atoms with van der Waals surface area (Å²) in [5.41, 5.74) is 2.15. The molecule has 0 bridgehead atoms. The standard InChI is InChI=1S/C16H22N2O2/c1-4-16(3,9-10-19)18-15(20)14-11(2)17-13-8-6-5-7-12(13)14/h5-8,17,19H,4,9-10H2,1-3H3,(H,18,20). The lowest BCUT2D eigenvalue weighted by Gasteiger charge is -2.29. The summed E-state index contributed by atoms with van der Waals surface area (Å²) in [6.07, 6.45) is 1.33. The Morgan fingerprint density at radius 1 is 1.40 bits per heavy atom. The number of hydrogen-bond acceptors (Lipinski definition) is 2. The van der Waals surface area contributed by atoms with Gasteiger partial charge in [0.05, 0.1) is 5.56 Å². The van der Waals surface area contributed by atoms with Crippen LogP contribution in [-0.4, -0.2) is 28.1 Å². The van der Waals surface area contributed by atoms with Crippen molar-refractivity contribution in [2.45, 2.75) is 39.2 Å². The zero-order valence-electron chi connectivity index (χ0n) is 12.3. The molecule has 1 aromatic heterocycles. The van der Waals surface area contributed by atoms with E-state index in [1.807, 2.05) is 45.0 Å². The van der Waals surface area contributed by atoms with Crippen LogP contribution in [0.5, 0.6) is 0 Å². The van der Waals surface area contributed by atoms with E-state index < -0.39 is 0 Å². The molecule has 2 rings (SSSR count). The molecular weight excluding hydrogens is 252 g/mol.